The van der Waals surface area contributed by atoms with Crippen LogP contribution in [0.15, 0.2) is 41.4 Å². The van der Waals surface area contributed by atoms with E-state index in [1.807, 2.05) is 12.1 Å². The number of pyridine rings is 1. The van der Waals surface area contributed by atoms with Crippen molar-refractivity contribution in [3.8, 4) is 0 Å². The topological polar surface area (TPSA) is 45.2 Å². The molecule has 0 aromatic carbocycles. The van der Waals surface area contributed by atoms with Gasteiger partial charge in [-0.3, -0.25) is 9.78 Å². The Balaban J connectivity index is 1.51. The number of carbonyl (C=O) groups is 1. The first-order valence-electron chi connectivity index (χ1n) is 8.67. The van der Waals surface area contributed by atoms with Crippen molar-refractivity contribution in [2.75, 3.05) is 13.1 Å². The van der Waals surface area contributed by atoms with Crippen LogP contribution in [0.1, 0.15) is 30.4 Å². The molecule has 0 bridgehead atoms. The summed E-state index contributed by atoms with van der Waals surface area (Å²) >= 11 is 1.70. The van der Waals surface area contributed by atoms with Crippen LogP contribution < -0.4 is 5.32 Å². The third-order valence-corrected chi connectivity index (χ3v) is 6.19. The molecule has 0 radical (unpaired) electrons. The first-order valence-corrected chi connectivity index (χ1v) is 9.61. The van der Waals surface area contributed by atoms with Crippen LogP contribution in [0.4, 0.5) is 0 Å². The molecule has 1 amide bonds. The summed E-state index contributed by atoms with van der Waals surface area (Å²) in [5, 5.41) is 7.69. The zero-order chi connectivity index (χ0) is 16.4. The average molecular weight is 341 g/mol. The quantitative estimate of drug-likeness (QED) is 0.909. The van der Waals surface area contributed by atoms with Gasteiger partial charge in [0.1, 0.15) is 0 Å². The lowest BCUT2D eigenvalue weighted by Gasteiger charge is -2.29. The highest BCUT2D eigenvalue weighted by Gasteiger charge is 2.57. The summed E-state index contributed by atoms with van der Waals surface area (Å²) in [6.07, 6.45) is 7.55. The number of piperidine rings is 1. The minimum absolute atomic E-state index is 0.231. The van der Waals surface area contributed by atoms with Crippen LogP contribution in [0.25, 0.3) is 0 Å². The van der Waals surface area contributed by atoms with Gasteiger partial charge in [0.15, 0.2) is 0 Å². The molecule has 1 saturated heterocycles. The van der Waals surface area contributed by atoms with Crippen LogP contribution in [0.2, 0.25) is 0 Å². The van der Waals surface area contributed by atoms with E-state index in [9.17, 15) is 4.79 Å². The Morgan fingerprint density at radius 2 is 2.21 bits per heavy atom. The maximum absolute atomic E-state index is 13.0. The number of hydrogen-bond donors (Lipinski definition) is 1. The Kier molecular flexibility index (Phi) is 4.37. The van der Waals surface area contributed by atoms with Crippen LogP contribution in [0.5, 0.6) is 0 Å². The molecule has 1 aliphatic heterocycles. The summed E-state index contributed by atoms with van der Waals surface area (Å²) in [4.78, 5) is 19.3. The standard InChI is InChI=1S/C19H23N3OS/c23-18(10-15-2-1-6-21-12-15)22(13-16-3-9-24-14-16)17-11-19(17)4-7-20-8-5-19/h1-3,6,9,12,14,17,20H,4-5,7-8,10-11,13H2/t17-/m0/s1. The molecule has 1 N–H and O–H groups in total. The molecule has 1 spiro atoms. The van der Waals surface area contributed by atoms with E-state index in [-0.39, 0.29) is 5.91 Å². The second-order valence-electron chi connectivity index (χ2n) is 7.02. The van der Waals surface area contributed by atoms with Crippen LogP contribution in [0.3, 0.4) is 0 Å². The number of carbonyl (C=O) groups excluding carboxylic acids is 1. The normalized spacial score (nSPS) is 21.6. The number of rotatable bonds is 5. The highest BCUT2D eigenvalue weighted by Crippen LogP contribution is 2.56. The van der Waals surface area contributed by atoms with Gasteiger partial charge in [0.05, 0.1) is 6.42 Å². The molecule has 126 valence electrons. The van der Waals surface area contributed by atoms with Gasteiger partial charge in [-0.05, 0) is 71.8 Å². The van der Waals surface area contributed by atoms with E-state index in [1.54, 1.807) is 23.7 Å². The molecule has 1 saturated carbocycles. The molecule has 3 heterocycles. The van der Waals surface area contributed by atoms with Gasteiger partial charge >= 0.3 is 0 Å². The smallest absolute Gasteiger partial charge is 0.227 e. The number of nitrogens with one attached hydrogen (secondary N) is 1. The van der Waals surface area contributed by atoms with Crippen LogP contribution in [-0.4, -0.2) is 34.9 Å². The maximum Gasteiger partial charge on any atom is 0.227 e. The Bertz CT molecular complexity index is 680. The third kappa shape index (κ3) is 3.23. The molecule has 4 rings (SSSR count). The van der Waals surface area contributed by atoms with E-state index in [4.69, 9.17) is 0 Å². The van der Waals surface area contributed by atoms with E-state index in [0.29, 0.717) is 17.9 Å². The Morgan fingerprint density at radius 3 is 2.92 bits per heavy atom. The van der Waals surface area contributed by atoms with Crippen LogP contribution in [-0.2, 0) is 17.8 Å². The van der Waals surface area contributed by atoms with E-state index in [0.717, 1.165) is 31.6 Å². The minimum Gasteiger partial charge on any atom is -0.334 e. The Morgan fingerprint density at radius 1 is 1.33 bits per heavy atom. The maximum atomic E-state index is 13.0. The highest BCUT2D eigenvalue weighted by atomic mass is 32.1. The summed E-state index contributed by atoms with van der Waals surface area (Å²) < 4.78 is 0. The van der Waals surface area contributed by atoms with Gasteiger partial charge in [-0.25, -0.2) is 0 Å². The van der Waals surface area contributed by atoms with Crippen LogP contribution in [0, 0.1) is 5.41 Å². The zero-order valence-corrected chi connectivity index (χ0v) is 14.6. The number of nitrogens with zero attached hydrogens (tertiary/aromatic N) is 2. The van der Waals surface area contributed by atoms with E-state index >= 15 is 0 Å². The molecule has 2 aromatic heterocycles. The molecule has 2 fully saturated rings. The van der Waals surface area contributed by atoms with Crippen molar-refractivity contribution in [3.05, 3.63) is 52.5 Å². The molecule has 4 nitrogen and oxygen atoms in total. The zero-order valence-electron chi connectivity index (χ0n) is 13.8. The second-order valence-corrected chi connectivity index (χ2v) is 7.80. The minimum atomic E-state index is 0.231. The number of aromatic nitrogens is 1. The summed E-state index contributed by atoms with van der Waals surface area (Å²) in [7, 11) is 0. The van der Waals surface area contributed by atoms with Gasteiger partial charge in [0.25, 0.3) is 0 Å². The van der Waals surface area contributed by atoms with Crippen molar-refractivity contribution >= 4 is 17.2 Å². The molecule has 2 aliphatic rings. The summed E-state index contributed by atoms with van der Waals surface area (Å²) in [5.74, 6) is 0.231. The highest BCUT2D eigenvalue weighted by molar-refractivity contribution is 7.07. The summed E-state index contributed by atoms with van der Waals surface area (Å²) in [5.41, 5.74) is 2.61. The largest absolute Gasteiger partial charge is 0.334 e. The number of thiophene rings is 1. The van der Waals surface area contributed by atoms with Crippen molar-refractivity contribution in [3.63, 3.8) is 0 Å². The molecular weight excluding hydrogens is 318 g/mol. The van der Waals surface area contributed by atoms with Crippen molar-refractivity contribution in [1.82, 2.24) is 15.2 Å². The monoisotopic (exact) mass is 341 g/mol. The first kappa shape index (κ1) is 15.8. The lowest BCUT2D eigenvalue weighted by molar-refractivity contribution is -0.132. The fraction of sp³-hybridized carbons (Fsp3) is 0.474. The molecule has 0 unspecified atom stereocenters. The van der Waals surface area contributed by atoms with Gasteiger partial charge in [-0.2, -0.15) is 11.3 Å². The van der Waals surface area contributed by atoms with Gasteiger partial charge < -0.3 is 10.2 Å². The molecule has 1 atom stereocenters. The first-order chi connectivity index (χ1) is 11.8. The van der Waals surface area contributed by atoms with Gasteiger partial charge in [0.2, 0.25) is 5.91 Å². The molecule has 1 aliphatic carbocycles. The van der Waals surface area contributed by atoms with Crippen LogP contribution >= 0.6 is 11.3 Å². The van der Waals surface area contributed by atoms with E-state index in [1.165, 1.54) is 18.4 Å². The predicted molar refractivity (Wildman–Crippen MR) is 95.8 cm³/mol. The predicted octanol–water partition coefficient (Wildman–Crippen LogP) is 2.86. The van der Waals surface area contributed by atoms with Crippen molar-refractivity contribution in [1.29, 1.82) is 0 Å². The van der Waals surface area contributed by atoms with E-state index in [2.05, 4.69) is 32.0 Å². The molecule has 2 aromatic rings. The lowest BCUT2D eigenvalue weighted by atomic mass is 9.93. The second kappa shape index (κ2) is 6.65. The van der Waals surface area contributed by atoms with Crippen molar-refractivity contribution < 1.29 is 4.79 Å². The fourth-order valence-corrected chi connectivity index (χ4v) is 4.62. The van der Waals surface area contributed by atoms with E-state index < -0.39 is 0 Å². The lowest BCUT2D eigenvalue weighted by Crippen LogP contribution is -2.39. The third-order valence-electron chi connectivity index (χ3n) is 5.45. The number of amides is 1. The molecule has 5 heteroatoms. The van der Waals surface area contributed by atoms with Crippen molar-refractivity contribution in [2.45, 2.75) is 38.3 Å². The van der Waals surface area contributed by atoms with Gasteiger partial charge in [0, 0.05) is 25.0 Å². The Hall–Kier alpha value is -1.72. The fourth-order valence-electron chi connectivity index (χ4n) is 3.96. The van der Waals surface area contributed by atoms with Gasteiger partial charge in [-0.1, -0.05) is 6.07 Å². The molecule has 24 heavy (non-hydrogen) atoms. The SMILES string of the molecule is O=C(Cc1cccnc1)N(Cc1ccsc1)[C@H]1CC12CCNCC2. The number of hydrogen-bond acceptors (Lipinski definition) is 4. The van der Waals surface area contributed by atoms with Crippen molar-refractivity contribution in [2.24, 2.45) is 5.41 Å². The Labute approximate surface area is 146 Å². The summed E-state index contributed by atoms with van der Waals surface area (Å²) in [6.45, 7) is 2.90. The molecular formula is C19H23N3OS. The average Bonchev–Trinajstić information content (AvgIpc) is 3.05. The van der Waals surface area contributed by atoms with Gasteiger partial charge in [-0.15, -0.1) is 0 Å². The summed E-state index contributed by atoms with van der Waals surface area (Å²) in [6, 6.07) is 6.42.